The van der Waals surface area contributed by atoms with Crippen LogP contribution >= 0.6 is 0 Å². The number of carbonyl (C=O) groups is 2. The molecule has 3 saturated heterocycles. The number of nitrogens with zero attached hydrogens (tertiary/aromatic N) is 4. The van der Waals surface area contributed by atoms with E-state index in [-0.39, 0.29) is 28.4 Å². The average Bonchev–Trinajstić information content (AvgIpc) is 3.35. The van der Waals surface area contributed by atoms with E-state index in [0.717, 1.165) is 6.07 Å². The SMILES string of the molecule is CCNC(=O)N1CCN(C(=O)c2cnc3c(F)c(F)c(F)cc3c2N2CCC3(CC2)OCCO3)CC1. The Hall–Kier alpha value is -3.12. The van der Waals surface area contributed by atoms with Crippen molar-refractivity contribution in [2.75, 3.05) is 63.9 Å². The van der Waals surface area contributed by atoms with Crippen molar-refractivity contribution in [3.8, 4) is 0 Å². The van der Waals surface area contributed by atoms with Crippen LogP contribution in [-0.2, 0) is 9.47 Å². The number of benzene rings is 1. The zero-order chi connectivity index (χ0) is 25.4. The van der Waals surface area contributed by atoms with Gasteiger partial charge in [-0.3, -0.25) is 9.78 Å². The molecule has 3 aliphatic heterocycles. The lowest BCUT2D eigenvalue weighted by atomic mass is 9.99. The smallest absolute Gasteiger partial charge is 0.317 e. The molecular weight excluding hydrogens is 479 g/mol. The molecule has 194 valence electrons. The molecule has 0 atom stereocenters. The minimum absolute atomic E-state index is 0.0300. The van der Waals surface area contributed by atoms with E-state index in [1.54, 1.807) is 9.80 Å². The molecule has 4 heterocycles. The number of halogens is 3. The van der Waals surface area contributed by atoms with Crippen LogP contribution in [0.25, 0.3) is 10.9 Å². The summed E-state index contributed by atoms with van der Waals surface area (Å²) >= 11 is 0. The molecule has 12 heteroatoms. The first-order chi connectivity index (χ1) is 17.3. The summed E-state index contributed by atoms with van der Waals surface area (Å²) in [7, 11) is 0. The van der Waals surface area contributed by atoms with Crippen molar-refractivity contribution >= 4 is 28.5 Å². The summed E-state index contributed by atoms with van der Waals surface area (Å²) in [6.45, 7) is 5.44. The van der Waals surface area contributed by atoms with Crippen LogP contribution in [-0.4, -0.2) is 91.5 Å². The monoisotopic (exact) mass is 507 g/mol. The van der Waals surface area contributed by atoms with Crippen LogP contribution < -0.4 is 10.2 Å². The van der Waals surface area contributed by atoms with Crippen LogP contribution in [0.2, 0.25) is 0 Å². The molecule has 0 bridgehead atoms. The number of carbonyl (C=O) groups excluding carboxylic acids is 2. The molecule has 1 aromatic carbocycles. The number of pyridine rings is 1. The van der Waals surface area contributed by atoms with Crippen LogP contribution in [0.3, 0.4) is 0 Å². The number of nitrogens with one attached hydrogen (secondary N) is 1. The van der Waals surface area contributed by atoms with E-state index in [1.807, 2.05) is 11.8 Å². The van der Waals surface area contributed by atoms with Crippen molar-refractivity contribution in [2.24, 2.45) is 0 Å². The predicted octanol–water partition coefficient (Wildman–Crippen LogP) is 2.48. The first kappa shape index (κ1) is 24.6. The zero-order valence-electron chi connectivity index (χ0n) is 20.0. The van der Waals surface area contributed by atoms with E-state index in [9.17, 15) is 22.8 Å². The number of hydrogen-bond acceptors (Lipinski definition) is 6. The summed E-state index contributed by atoms with van der Waals surface area (Å²) in [5, 5.41) is 2.77. The molecule has 36 heavy (non-hydrogen) atoms. The van der Waals surface area contributed by atoms with E-state index in [2.05, 4.69) is 10.3 Å². The Labute approximate surface area is 206 Å². The first-order valence-electron chi connectivity index (χ1n) is 12.1. The van der Waals surface area contributed by atoms with Crippen LogP contribution in [0.1, 0.15) is 30.1 Å². The topological polar surface area (TPSA) is 87.2 Å². The third-order valence-corrected chi connectivity index (χ3v) is 7.04. The number of hydrogen-bond donors (Lipinski definition) is 1. The number of urea groups is 1. The zero-order valence-corrected chi connectivity index (χ0v) is 20.0. The van der Waals surface area contributed by atoms with Gasteiger partial charge >= 0.3 is 6.03 Å². The molecule has 1 N–H and O–H groups in total. The Morgan fingerprint density at radius 1 is 1.00 bits per heavy atom. The second kappa shape index (κ2) is 9.74. The van der Waals surface area contributed by atoms with Gasteiger partial charge in [0.15, 0.2) is 23.2 Å². The van der Waals surface area contributed by atoms with Crippen LogP contribution in [0, 0.1) is 17.5 Å². The minimum Gasteiger partial charge on any atom is -0.370 e. The predicted molar refractivity (Wildman–Crippen MR) is 124 cm³/mol. The second-order valence-corrected chi connectivity index (χ2v) is 9.11. The van der Waals surface area contributed by atoms with Crippen LogP contribution in [0.5, 0.6) is 0 Å². The summed E-state index contributed by atoms with van der Waals surface area (Å²) in [6, 6.07) is 0.705. The van der Waals surface area contributed by atoms with E-state index in [4.69, 9.17) is 9.47 Å². The van der Waals surface area contributed by atoms with Gasteiger partial charge in [0, 0.05) is 70.2 Å². The van der Waals surface area contributed by atoms with Gasteiger partial charge in [0.2, 0.25) is 0 Å². The molecular formula is C24H28F3N5O4. The van der Waals surface area contributed by atoms with Crippen molar-refractivity contribution in [3.63, 3.8) is 0 Å². The molecule has 1 aromatic heterocycles. The van der Waals surface area contributed by atoms with E-state index < -0.39 is 23.2 Å². The number of aromatic nitrogens is 1. The highest BCUT2D eigenvalue weighted by Gasteiger charge is 2.41. The second-order valence-electron chi connectivity index (χ2n) is 9.11. The molecule has 1 spiro atoms. The third kappa shape index (κ3) is 4.32. The number of anilines is 1. The van der Waals surface area contributed by atoms with Crippen molar-refractivity contribution in [3.05, 3.63) is 35.3 Å². The molecule has 3 aliphatic rings. The van der Waals surface area contributed by atoms with Crippen molar-refractivity contribution in [2.45, 2.75) is 25.6 Å². The summed E-state index contributed by atoms with van der Waals surface area (Å²) < 4.78 is 54.5. The van der Waals surface area contributed by atoms with Gasteiger partial charge in [-0.25, -0.2) is 18.0 Å². The lowest BCUT2D eigenvalue weighted by Gasteiger charge is -2.40. The first-order valence-corrected chi connectivity index (χ1v) is 12.1. The van der Waals surface area contributed by atoms with Gasteiger partial charge < -0.3 is 29.5 Å². The molecule has 5 rings (SSSR count). The standard InChI is InChI=1S/C24H28F3N5O4/c1-2-28-23(34)32-9-7-31(8-10-32)22(33)16-14-29-20-15(13-17(25)18(26)19(20)27)21(16)30-5-3-24(4-6-30)35-11-12-36-24/h13-14H,2-12H2,1H3,(H,28,34). The van der Waals surface area contributed by atoms with Crippen molar-refractivity contribution in [1.29, 1.82) is 0 Å². The Balaban J connectivity index is 1.48. The van der Waals surface area contributed by atoms with Gasteiger partial charge in [-0.15, -0.1) is 0 Å². The largest absolute Gasteiger partial charge is 0.370 e. The molecule has 2 aromatic rings. The number of rotatable bonds is 3. The maximum atomic E-state index is 14.6. The molecule has 0 unspecified atom stereocenters. The lowest BCUT2D eigenvalue weighted by molar-refractivity contribution is -0.169. The Kier molecular flexibility index (Phi) is 6.64. The average molecular weight is 508 g/mol. The fraction of sp³-hybridized carbons (Fsp3) is 0.542. The van der Waals surface area contributed by atoms with E-state index in [0.29, 0.717) is 77.6 Å². The van der Waals surface area contributed by atoms with Crippen LogP contribution in [0.15, 0.2) is 12.3 Å². The molecule has 0 radical (unpaired) electrons. The van der Waals surface area contributed by atoms with Crippen molar-refractivity contribution in [1.82, 2.24) is 20.1 Å². The fourth-order valence-electron chi connectivity index (χ4n) is 5.13. The van der Waals surface area contributed by atoms with Gasteiger partial charge in [-0.05, 0) is 13.0 Å². The highest BCUT2D eigenvalue weighted by molar-refractivity contribution is 6.07. The number of ether oxygens (including phenoxy) is 2. The van der Waals surface area contributed by atoms with Gasteiger partial charge in [-0.2, -0.15) is 0 Å². The highest BCUT2D eigenvalue weighted by Crippen LogP contribution is 2.38. The Morgan fingerprint density at radius 3 is 2.28 bits per heavy atom. The summed E-state index contributed by atoms with van der Waals surface area (Å²) in [5.74, 6) is -5.40. The van der Waals surface area contributed by atoms with E-state index in [1.165, 1.54) is 6.20 Å². The van der Waals surface area contributed by atoms with Gasteiger partial charge in [0.25, 0.3) is 5.91 Å². The quantitative estimate of drug-likeness (QED) is 0.643. The Morgan fingerprint density at radius 2 is 1.64 bits per heavy atom. The van der Waals surface area contributed by atoms with Gasteiger partial charge in [0.1, 0.15) is 5.52 Å². The number of piperazine rings is 1. The van der Waals surface area contributed by atoms with Crippen LogP contribution in [0.4, 0.5) is 23.7 Å². The third-order valence-electron chi connectivity index (χ3n) is 7.04. The van der Waals surface area contributed by atoms with E-state index >= 15 is 0 Å². The molecule has 0 aliphatic carbocycles. The normalized spacial score (nSPS) is 19.8. The number of fused-ring (bicyclic) bond motifs is 1. The summed E-state index contributed by atoms with van der Waals surface area (Å²) in [5.41, 5.74) is 0.139. The molecule has 3 fully saturated rings. The Bertz CT molecular complexity index is 1170. The minimum atomic E-state index is -1.60. The summed E-state index contributed by atoms with van der Waals surface area (Å²) in [4.78, 5) is 34.8. The number of amides is 3. The molecule has 0 saturated carbocycles. The highest BCUT2D eigenvalue weighted by atomic mass is 19.2. The van der Waals surface area contributed by atoms with Gasteiger partial charge in [-0.1, -0.05) is 0 Å². The molecule has 9 nitrogen and oxygen atoms in total. The summed E-state index contributed by atoms with van der Waals surface area (Å²) in [6.07, 6.45) is 2.23. The number of piperidine rings is 1. The van der Waals surface area contributed by atoms with Gasteiger partial charge in [0.05, 0.1) is 24.5 Å². The fourth-order valence-corrected chi connectivity index (χ4v) is 5.13. The lowest BCUT2D eigenvalue weighted by Crippen LogP contribution is -2.53. The van der Waals surface area contributed by atoms with Crippen molar-refractivity contribution < 1.29 is 32.2 Å². The maximum absolute atomic E-state index is 14.6. The molecule has 3 amide bonds. The maximum Gasteiger partial charge on any atom is 0.317 e.